The van der Waals surface area contributed by atoms with E-state index in [-0.39, 0.29) is 0 Å². The topological polar surface area (TPSA) is 56.7 Å². The van der Waals surface area contributed by atoms with Crippen LogP contribution in [0.15, 0.2) is 16.8 Å². The van der Waals surface area contributed by atoms with Crippen LogP contribution in [0.4, 0.5) is 0 Å². The fourth-order valence-corrected chi connectivity index (χ4v) is 1.90. The van der Waals surface area contributed by atoms with Gasteiger partial charge < -0.3 is 4.42 Å². The van der Waals surface area contributed by atoms with E-state index in [1.165, 1.54) is 0 Å². The lowest BCUT2D eigenvalue weighted by Crippen LogP contribution is -1.96. The smallest absolute Gasteiger partial charge is 0.250 e. The lowest BCUT2D eigenvalue weighted by Gasteiger charge is -2.07. The van der Waals surface area contributed by atoms with Gasteiger partial charge in [-0.3, -0.25) is 4.68 Å². The van der Waals surface area contributed by atoms with E-state index in [4.69, 9.17) is 4.42 Å². The fourth-order valence-electron chi connectivity index (χ4n) is 1.90. The Balaban J connectivity index is 2.20. The molecule has 0 N–H and O–H groups in total. The first kappa shape index (κ1) is 11.8. The summed E-state index contributed by atoms with van der Waals surface area (Å²) in [4.78, 5) is 0. The Morgan fingerprint density at radius 2 is 2.18 bits per heavy atom. The normalized spacial score (nSPS) is 12.9. The Bertz CT molecular complexity index is 474. The van der Waals surface area contributed by atoms with Crippen molar-refractivity contribution < 1.29 is 4.42 Å². The van der Waals surface area contributed by atoms with E-state index in [9.17, 15) is 0 Å². The van der Waals surface area contributed by atoms with Crippen LogP contribution in [-0.2, 0) is 7.05 Å². The maximum Gasteiger partial charge on any atom is 0.250 e. The van der Waals surface area contributed by atoms with Crippen molar-refractivity contribution in [2.45, 2.75) is 39.0 Å². The van der Waals surface area contributed by atoms with E-state index in [1.54, 1.807) is 10.9 Å². The van der Waals surface area contributed by atoms with Crippen molar-refractivity contribution in [2.24, 2.45) is 7.05 Å². The largest absolute Gasteiger partial charge is 0.420 e. The highest BCUT2D eigenvalue weighted by molar-refractivity contribution is 5.49. The van der Waals surface area contributed by atoms with E-state index in [0.29, 0.717) is 11.8 Å². The first-order valence-corrected chi connectivity index (χ1v) is 6.07. The van der Waals surface area contributed by atoms with Crippen LogP contribution in [0.1, 0.15) is 44.9 Å². The highest BCUT2D eigenvalue weighted by atomic mass is 16.4. The second kappa shape index (κ2) is 5.12. The highest BCUT2D eigenvalue weighted by Gasteiger charge is 2.17. The molecule has 5 nitrogen and oxygen atoms in total. The number of hydrogen-bond acceptors (Lipinski definition) is 4. The van der Waals surface area contributed by atoms with Gasteiger partial charge in [-0.1, -0.05) is 20.3 Å². The van der Waals surface area contributed by atoms with Gasteiger partial charge in [-0.2, -0.15) is 5.10 Å². The lowest BCUT2D eigenvalue weighted by molar-refractivity contribution is 0.428. The molecule has 0 saturated heterocycles. The van der Waals surface area contributed by atoms with Gasteiger partial charge in [0, 0.05) is 19.2 Å². The predicted octanol–water partition coefficient (Wildman–Crippen LogP) is 2.76. The maximum absolute atomic E-state index is 5.71. The quantitative estimate of drug-likeness (QED) is 0.798. The summed E-state index contributed by atoms with van der Waals surface area (Å²) in [6, 6.07) is 0. The van der Waals surface area contributed by atoms with E-state index in [0.717, 1.165) is 30.7 Å². The van der Waals surface area contributed by atoms with Gasteiger partial charge in [0.25, 0.3) is 5.89 Å². The third-order valence-corrected chi connectivity index (χ3v) is 2.87. The first-order chi connectivity index (χ1) is 8.24. The molecule has 92 valence electrons. The number of hydrogen-bond donors (Lipinski definition) is 0. The molecule has 0 aromatic carbocycles. The third-order valence-electron chi connectivity index (χ3n) is 2.87. The molecular weight excluding hydrogens is 216 g/mol. The van der Waals surface area contributed by atoms with Crippen molar-refractivity contribution in [1.29, 1.82) is 0 Å². The molecule has 17 heavy (non-hydrogen) atoms. The summed E-state index contributed by atoms with van der Waals surface area (Å²) < 4.78 is 7.44. The van der Waals surface area contributed by atoms with Crippen molar-refractivity contribution in [3.05, 3.63) is 18.3 Å². The van der Waals surface area contributed by atoms with Crippen molar-refractivity contribution in [1.82, 2.24) is 20.0 Å². The highest BCUT2D eigenvalue weighted by Crippen LogP contribution is 2.26. The molecule has 0 radical (unpaired) electrons. The minimum Gasteiger partial charge on any atom is -0.420 e. The van der Waals surface area contributed by atoms with Crippen molar-refractivity contribution in [2.75, 3.05) is 0 Å². The molecule has 2 heterocycles. The van der Waals surface area contributed by atoms with Gasteiger partial charge in [0.2, 0.25) is 5.89 Å². The molecule has 0 aliphatic carbocycles. The zero-order chi connectivity index (χ0) is 12.3. The second-order valence-corrected chi connectivity index (χ2v) is 4.24. The van der Waals surface area contributed by atoms with E-state index in [1.807, 2.05) is 13.2 Å². The zero-order valence-electron chi connectivity index (χ0n) is 10.6. The Morgan fingerprint density at radius 3 is 2.76 bits per heavy atom. The fraction of sp³-hybridized carbons (Fsp3) is 0.583. The standard InChI is InChI=1S/C12H18N4O/c1-4-6-9(5-2)11-14-15-12(17-11)10-7-13-16(3)8-10/h7-9H,4-6H2,1-3H3. The summed E-state index contributed by atoms with van der Waals surface area (Å²) >= 11 is 0. The molecule has 2 aromatic rings. The minimum atomic E-state index is 0.373. The van der Waals surface area contributed by atoms with Crippen LogP contribution in [0, 0.1) is 0 Å². The molecule has 2 aromatic heterocycles. The number of aryl methyl sites for hydroxylation is 1. The summed E-state index contributed by atoms with van der Waals surface area (Å²) in [6.07, 6.45) is 6.85. The van der Waals surface area contributed by atoms with Crippen LogP contribution in [0.2, 0.25) is 0 Å². The van der Waals surface area contributed by atoms with Crippen LogP contribution in [0.3, 0.4) is 0 Å². The van der Waals surface area contributed by atoms with Gasteiger partial charge >= 0.3 is 0 Å². The summed E-state index contributed by atoms with van der Waals surface area (Å²) in [6.45, 7) is 4.31. The van der Waals surface area contributed by atoms with Crippen molar-refractivity contribution in [3.8, 4) is 11.5 Å². The molecule has 0 fully saturated rings. The summed E-state index contributed by atoms with van der Waals surface area (Å²) in [5, 5.41) is 12.3. The van der Waals surface area contributed by atoms with E-state index in [2.05, 4.69) is 29.1 Å². The van der Waals surface area contributed by atoms with Gasteiger partial charge in [0.1, 0.15) is 0 Å². The van der Waals surface area contributed by atoms with Crippen LogP contribution in [0.25, 0.3) is 11.5 Å². The third kappa shape index (κ3) is 2.54. The predicted molar refractivity (Wildman–Crippen MR) is 64.4 cm³/mol. The average molecular weight is 234 g/mol. The van der Waals surface area contributed by atoms with Gasteiger partial charge in [-0.25, -0.2) is 0 Å². The molecule has 5 heteroatoms. The molecular formula is C12H18N4O. The zero-order valence-corrected chi connectivity index (χ0v) is 10.6. The van der Waals surface area contributed by atoms with Gasteiger partial charge in [-0.05, 0) is 12.8 Å². The van der Waals surface area contributed by atoms with E-state index < -0.39 is 0 Å². The van der Waals surface area contributed by atoms with E-state index >= 15 is 0 Å². The average Bonchev–Trinajstić information content (AvgIpc) is 2.94. The van der Waals surface area contributed by atoms with Crippen LogP contribution in [-0.4, -0.2) is 20.0 Å². The second-order valence-electron chi connectivity index (χ2n) is 4.24. The van der Waals surface area contributed by atoms with Crippen LogP contribution < -0.4 is 0 Å². The van der Waals surface area contributed by atoms with Crippen molar-refractivity contribution in [3.63, 3.8) is 0 Å². The molecule has 0 spiro atoms. The van der Waals surface area contributed by atoms with Gasteiger partial charge in [0.05, 0.1) is 11.8 Å². The Labute approximate surface area is 101 Å². The molecule has 0 amide bonds. The molecule has 1 unspecified atom stereocenters. The molecule has 1 atom stereocenters. The molecule has 0 aliphatic heterocycles. The van der Waals surface area contributed by atoms with Crippen molar-refractivity contribution >= 4 is 0 Å². The lowest BCUT2D eigenvalue weighted by atomic mass is 10.0. The first-order valence-electron chi connectivity index (χ1n) is 6.07. The van der Waals surface area contributed by atoms with Gasteiger partial charge in [-0.15, -0.1) is 10.2 Å². The van der Waals surface area contributed by atoms with Crippen LogP contribution >= 0.6 is 0 Å². The Morgan fingerprint density at radius 1 is 1.35 bits per heavy atom. The molecule has 2 rings (SSSR count). The Kier molecular flexibility index (Phi) is 3.56. The number of rotatable bonds is 5. The number of aromatic nitrogens is 4. The van der Waals surface area contributed by atoms with Crippen LogP contribution in [0.5, 0.6) is 0 Å². The minimum absolute atomic E-state index is 0.373. The molecule has 0 saturated carbocycles. The number of nitrogens with zero attached hydrogens (tertiary/aromatic N) is 4. The SMILES string of the molecule is CCCC(CC)c1nnc(-c2cnn(C)c2)o1. The summed E-state index contributed by atoms with van der Waals surface area (Å²) in [5.74, 6) is 1.67. The summed E-state index contributed by atoms with van der Waals surface area (Å²) in [7, 11) is 1.87. The van der Waals surface area contributed by atoms with Gasteiger partial charge in [0.15, 0.2) is 0 Å². The Hall–Kier alpha value is -1.65. The summed E-state index contributed by atoms with van der Waals surface area (Å²) in [5.41, 5.74) is 0.873. The molecule has 0 bridgehead atoms. The monoisotopic (exact) mass is 234 g/mol. The molecule has 0 aliphatic rings. The maximum atomic E-state index is 5.71.